The summed E-state index contributed by atoms with van der Waals surface area (Å²) >= 11 is 0. The normalized spacial score (nSPS) is 9.67. The minimum atomic E-state index is 1.07. The van der Waals surface area contributed by atoms with Crippen LogP contribution >= 0.6 is 0 Å². The van der Waals surface area contributed by atoms with Crippen LogP contribution in [0.3, 0.4) is 0 Å². The molecule has 2 nitrogen and oxygen atoms in total. The summed E-state index contributed by atoms with van der Waals surface area (Å²) in [7, 11) is 2.17. The van der Waals surface area contributed by atoms with Gasteiger partial charge in [-0.3, -0.25) is 4.98 Å². The lowest BCUT2D eigenvalue weighted by molar-refractivity contribution is 0.335. The van der Waals surface area contributed by atoms with Crippen molar-refractivity contribution in [3.8, 4) is 0 Å². The van der Waals surface area contributed by atoms with Crippen molar-refractivity contribution in [2.24, 2.45) is 0 Å². The molecule has 2 heteroatoms. The van der Waals surface area contributed by atoms with E-state index in [1.165, 1.54) is 25.9 Å². The fraction of sp³-hybridized carbons (Fsp3) is 0.615. The van der Waals surface area contributed by atoms with Gasteiger partial charge in [0.2, 0.25) is 0 Å². The summed E-state index contributed by atoms with van der Waals surface area (Å²) in [6.45, 7) is 8.89. The maximum atomic E-state index is 3.98. The van der Waals surface area contributed by atoms with E-state index < -0.39 is 0 Å². The Kier molecular flexibility index (Phi) is 9.08. The third kappa shape index (κ3) is 9.42. The van der Waals surface area contributed by atoms with Gasteiger partial charge in [0, 0.05) is 11.9 Å². The van der Waals surface area contributed by atoms with Crippen LogP contribution in [0, 0.1) is 6.92 Å². The maximum absolute atomic E-state index is 3.98. The van der Waals surface area contributed by atoms with Gasteiger partial charge in [0.15, 0.2) is 0 Å². The molecular formula is C13H24N2. The molecule has 0 fully saturated rings. The van der Waals surface area contributed by atoms with E-state index in [4.69, 9.17) is 0 Å². The van der Waals surface area contributed by atoms with Crippen LogP contribution in [0.2, 0.25) is 0 Å². The molecule has 0 aromatic carbocycles. The molecule has 0 aliphatic heterocycles. The molecule has 0 radical (unpaired) electrons. The Morgan fingerprint density at radius 3 is 2.00 bits per heavy atom. The van der Waals surface area contributed by atoms with Crippen LogP contribution in [0.1, 0.15) is 32.4 Å². The highest BCUT2D eigenvalue weighted by Crippen LogP contribution is 1.87. The molecular weight excluding hydrogens is 184 g/mol. The van der Waals surface area contributed by atoms with Crippen molar-refractivity contribution in [3.63, 3.8) is 0 Å². The average Bonchev–Trinajstić information content (AvgIpc) is 2.20. The number of rotatable bonds is 4. The standard InChI is InChI=1S/C7H17N.C6H7N/c1-4-6-8(3)7-5-2;1-6-4-2-3-5-7-6/h4-7H2,1-3H3;2-5H,1H3. The fourth-order valence-corrected chi connectivity index (χ4v) is 1.32. The van der Waals surface area contributed by atoms with Gasteiger partial charge in [-0.1, -0.05) is 19.9 Å². The van der Waals surface area contributed by atoms with Crippen LogP contribution in [0.4, 0.5) is 0 Å². The van der Waals surface area contributed by atoms with Gasteiger partial charge in [-0.2, -0.15) is 0 Å². The molecule has 0 aliphatic carbocycles. The number of hydrogen-bond acceptors (Lipinski definition) is 2. The first-order chi connectivity index (χ1) is 7.20. The summed E-state index contributed by atoms with van der Waals surface area (Å²) in [4.78, 5) is 6.34. The molecule has 0 atom stereocenters. The van der Waals surface area contributed by atoms with E-state index in [2.05, 4.69) is 30.8 Å². The molecule has 0 unspecified atom stereocenters. The van der Waals surface area contributed by atoms with Crippen LogP contribution in [0.5, 0.6) is 0 Å². The second-order valence-electron chi connectivity index (χ2n) is 3.77. The molecule has 1 heterocycles. The van der Waals surface area contributed by atoms with Crippen molar-refractivity contribution in [2.75, 3.05) is 20.1 Å². The molecule has 0 aliphatic rings. The van der Waals surface area contributed by atoms with Crippen molar-refractivity contribution in [1.29, 1.82) is 0 Å². The number of aryl methyl sites for hydroxylation is 1. The summed E-state index contributed by atoms with van der Waals surface area (Å²) in [5.41, 5.74) is 1.07. The minimum absolute atomic E-state index is 1.07. The Morgan fingerprint density at radius 1 is 1.13 bits per heavy atom. The third-order valence-electron chi connectivity index (χ3n) is 2.02. The van der Waals surface area contributed by atoms with Gasteiger partial charge in [0.1, 0.15) is 0 Å². The molecule has 0 saturated heterocycles. The maximum Gasteiger partial charge on any atom is 0.0372 e. The first-order valence-electron chi connectivity index (χ1n) is 5.76. The van der Waals surface area contributed by atoms with Gasteiger partial charge in [0.25, 0.3) is 0 Å². The van der Waals surface area contributed by atoms with Crippen LogP contribution < -0.4 is 0 Å². The smallest absolute Gasteiger partial charge is 0.0372 e. The summed E-state index contributed by atoms with van der Waals surface area (Å²) in [5.74, 6) is 0. The van der Waals surface area contributed by atoms with E-state index >= 15 is 0 Å². The third-order valence-corrected chi connectivity index (χ3v) is 2.02. The molecule has 0 bridgehead atoms. The topological polar surface area (TPSA) is 16.1 Å². The fourth-order valence-electron chi connectivity index (χ4n) is 1.32. The van der Waals surface area contributed by atoms with Gasteiger partial charge in [-0.05, 0) is 52.0 Å². The van der Waals surface area contributed by atoms with Crippen LogP contribution in [0.25, 0.3) is 0 Å². The van der Waals surface area contributed by atoms with E-state index in [1.807, 2.05) is 25.1 Å². The highest BCUT2D eigenvalue weighted by molar-refractivity contribution is 4.99. The zero-order valence-electron chi connectivity index (χ0n) is 10.5. The molecule has 15 heavy (non-hydrogen) atoms. The SMILES string of the molecule is CCCN(C)CCC.Cc1ccccn1. The summed E-state index contributed by atoms with van der Waals surface area (Å²) in [6, 6.07) is 5.86. The Bertz CT molecular complexity index is 215. The molecule has 0 N–H and O–H groups in total. The predicted molar refractivity (Wildman–Crippen MR) is 67.1 cm³/mol. The lowest BCUT2D eigenvalue weighted by Gasteiger charge is -2.12. The van der Waals surface area contributed by atoms with E-state index in [0.717, 1.165) is 5.69 Å². The zero-order valence-corrected chi connectivity index (χ0v) is 10.5. The Labute approximate surface area is 94.3 Å². The Hall–Kier alpha value is -0.890. The Morgan fingerprint density at radius 2 is 1.73 bits per heavy atom. The number of aromatic nitrogens is 1. The molecule has 0 amide bonds. The second-order valence-corrected chi connectivity index (χ2v) is 3.77. The van der Waals surface area contributed by atoms with Crippen molar-refractivity contribution < 1.29 is 0 Å². The number of hydrogen-bond donors (Lipinski definition) is 0. The van der Waals surface area contributed by atoms with E-state index in [0.29, 0.717) is 0 Å². The van der Waals surface area contributed by atoms with Gasteiger partial charge in [0.05, 0.1) is 0 Å². The van der Waals surface area contributed by atoms with Gasteiger partial charge < -0.3 is 4.90 Å². The lowest BCUT2D eigenvalue weighted by atomic mass is 10.4. The first-order valence-corrected chi connectivity index (χ1v) is 5.76. The molecule has 1 aromatic rings. The zero-order chi connectivity index (χ0) is 11.5. The van der Waals surface area contributed by atoms with Crippen molar-refractivity contribution in [1.82, 2.24) is 9.88 Å². The van der Waals surface area contributed by atoms with Crippen LogP contribution in [-0.4, -0.2) is 30.0 Å². The van der Waals surface area contributed by atoms with Crippen LogP contribution in [0.15, 0.2) is 24.4 Å². The second kappa shape index (κ2) is 9.66. The lowest BCUT2D eigenvalue weighted by Crippen LogP contribution is -2.19. The van der Waals surface area contributed by atoms with Crippen molar-refractivity contribution in [2.45, 2.75) is 33.6 Å². The highest BCUT2D eigenvalue weighted by atomic mass is 15.1. The largest absolute Gasteiger partial charge is 0.306 e. The quantitative estimate of drug-likeness (QED) is 0.755. The molecule has 0 spiro atoms. The summed E-state index contributed by atoms with van der Waals surface area (Å²) in [6.07, 6.45) is 4.34. The van der Waals surface area contributed by atoms with Crippen molar-refractivity contribution >= 4 is 0 Å². The number of pyridine rings is 1. The predicted octanol–water partition coefficient (Wildman–Crippen LogP) is 3.13. The molecule has 86 valence electrons. The molecule has 1 rings (SSSR count). The highest BCUT2D eigenvalue weighted by Gasteiger charge is 1.90. The van der Waals surface area contributed by atoms with E-state index in [1.54, 1.807) is 6.20 Å². The van der Waals surface area contributed by atoms with Gasteiger partial charge >= 0.3 is 0 Å². The number of nitrogens with zero attached hydrogens (tertiary/aromatic N) is 2. The van der Waals surface area contributed by atoms with E-state index in [9.17, 15) is 0 Å². The molecule has 0 saturated carbocycles. The first kappa shape index (κ1) is 14.1. The summed E-state index contributed by atoms with van der Waals surface area (Å²) < 4.78 is 0. The summed E-state index contributed by atoms with van der Waals surface area (Å²) in [5, 5.41) is 0. The minimum Gasteiger partial charge on any atom is -0.306 e. The van der Waals surface area contributed by atoms with Crippen molar-refractivity contribution in [3.05, 3.63) is 30.1 Å². The Balaban J connectivity index is 0.000000262. The van der Waals surface area contributed by atoms with Gasteiger partial charge in [-0.15, -0.1) is 0 Å². The van der Waals surface area contributed by atoms with E-state index in [-0.39, 0.29) is 0 Å². The monoisotopic (exact) mass is 208 g/mol. The average molecular weight is 208 g/mol. The van der Waals surface area contributed by atoms with Gasteiger partial charge in [-0.25, -0.2) is 0 Å². The molecule has 1 aromatic heterocycles. The van der Waals surface area contributed by atoms with Crippen LogP contribution in [-0.2, 0) is 0 Å².